The highest BCUT2D eigenvalue weighted by Crippen LogP contribution is 2.26. The van der Waals surface area contributed by atoms with Gasteiger partial charge in [-0.2, -0.15) is 0 Å². The molecule has 1 saturated heterocycles. The average Bonchev–Trinajstić information content (AvgIpc) is 3.23. The van der Waals surface area contributed by atoms with Crippen LogP contribution in [-0.2, 0) is 9.53 Å². The minimum Gasteiger partial charge on any atom is -0.491 e. The van der Waals surface area contributed by atoms with Gasteiger partial charge in [-0.05, 0) is 61.7 Å². The van der Waals surface area contributed by atoms with E-state index in [9.17, 15) is 9.59 Å². The van der Waals surface area contributed by atoms with Gasteiger partial charge in [0.15, 0.2) is 0 Å². The summed E-state index contributed by atoms with van der Waals surface area (Å²) in [5.74, 6) is 0.316. The highest BCUT2D eigenvalue weighted by molar-refractivity contribution is 6.34. The quantitative estimate of drug-likeness (QED) is 0.642. The number of hydrogen-bond acceptors (Lipinski definition) is 4. The highest BCUT2D eigenvalue weighted by Gasteiger charge is 2.16. The molecule has 7 heteroatoms. The lowest BCUT2D eigenvalue weighted by Crippen LogP contribution is -2.16. The normalized spacial score (nSPS) is 15.7. The molecule has 1 heterocycles. The maximum Gasteiger partial charge on any atom is 0.255 e. The molecule has 0 unspecified atom stereocenters. The van der Waals surface area contributed by atoms with E-state index in [0.29, 0.717) is 40.7 Å². The standard InChI is InChI=1S/C22H25ClN2O4/c1-2-4-21(26)24-16-8-11-19(23)20(13-16)25-22(27)15-6-9-17(10-7-15)29-14-18-5-3-12-28-18/h6-11,13,18H,2-5,12,14H2,1H3,(H,24,26)(H,25,27)/t18-/m1/s1. The Morgan fingerprint density at radius 3 is 2.66 bits per heavy atom. The highest BCUT2D eigenvalue weighted by atomic mass is 35.5. The fraction of sp³-hybridized carbons (Fsp3) is 0.364. The van der Waals surface area contributed by atoms with Gasteiger partial charge in [0.25, 0.3) is 5.91 Å². The molecule has 0 aromatic heterocycles. The molecule has 0 bridgehead atoms. The van der Waals surface area contributed by atoms with Crippen molar-refractivity contribution >= 4 is 34.8 Å². The van der Waals surface area contributed by atoms with Gasteiger partial charge >= 0.3 is 0 Å². The van der Waals surface area contributed by atoms with Crippen LogP contribution in [0.5, 0.6) is 5.75 Å². The smallest absolute Gasteiger partial charge is 0.255 e. The van der Waals surface area contributed by atoms with E-state index in [1.165, 1.54) is 0 Å². The topological polar surface area (TPSA) is 76.7 Å². The van der Waals surface area contributed by atoms with Crippen LogP contribution in [0.15, 0.2) is 42.5 Å². The Labute approximate surface area is 175 Å². The van der Waals surface area contributed by atoms with Crippen LogP contribution in [-0.4, -0.2) is 31.1 Å². The van der Waals surface area contributed by atoms with E-state index in [2.05, 4.69) is 10.6 Å². The molecule has 1 aliphatic heterocycles. The summed E-state index contributed by atoms with van der Waals surface area (Å²) in [6, 6.07) is 11.9. The van der Waals surface area contributed by atoms with E-state index in [1.807, 2.05) is 6.92 Å². The Morgan fingerprint density at radius 2 is 1.97 bits per heavy atom. The fourth-order valence-corrected chi connectivity index (χ4v) is 3.18. The summed E-state index contributed by atoms with van der Waals surface area (Å²) in [4.78, 5) is 24.3. The first-order valence-electron chi connectivity index (χ1n) is 9.80. The average molecular weight is 417 g/mol. The van der Waals surface area contributed by atoms with Gasteiger partial charge in [-0.15, -0.1) is 0 Å². The Hall–Kier alpha value is -2.57. The number of halogens is 1. The molecular formula is C22H25ClN2O4. The summed E-state index contributed by atoms with van der Waals surface area (Å²) in [7, 11) is 0. The minimum atomic E-state index is -0.297. The van der Waals surface area contributed by atoms with Crippen LogP contribution in [0.25, 0.3) is 0 Å². The van der Waals surface area contributed by atoms with Gasteiger partial charge in [0.1, 0.15) is 12.4 Å². The van der Waals surface area contributed by atoms with Crippen molar-refractivity contribution in [3.05, 3.63) is 53.1 Å². The van der Waals surface area contributed by atoms with Gasteiger partial charge in [-0.3, -0.25) is 9.59 Å². The molecule has 29 heavy (non-hydrogen) atoms. The first-order chi connectivity index (χ1) is 14.0. The third kappa shape index (κ3) is 6.21. The lowest BCUT2D eigenvalue weighted by atomic mass is 10.2. The van der Waals surface area contributed by atoms with Crippen molar-refractivity contribution in [2.24, 2.45) is 0 Å². The van der Waals surface area contributed by atoms with Gasteiger partial charge in [0.05, 0.1) is 16.8 Å². The van der Waals surface area contributed by atoms with E-state index in [1.54, 1.807) is 42.5 Å². The maximum atomic E-state index is 12.6. The van der Waals surface area contributed by atoms with Crippen LogP contribution in [0, 0.1) is 0 Å². The molecule has 1 aliphatic rings. The zero-order valence-electron chi connectivity index (χ0n) is 16.4. The second-order valence-corrected chi connectivity index (χ2v) is 7.32. The van der Waals surface area contributed by atoms with Gasteiger partial charge in [0, 0.05) is 24.3 Å². The number of ether oxygens (including phenoxy) is 2. The molecule has 1 atom stereocenters. The molecule has 2 N–H and O–H groups in total. The molecule has 6 nitrogen and oxygen atoms in total. The minimum absolute atomic E-state index is 0.0781. The monoisotopic (exact) mass is 416 g/mol. The van der Waals surface area contributed by atoms with Crippen LogP contribution in [0.1, 0.15) is 43.0 Å². The second kappa shape index (κ2) is 10.3. The third-order valence-corrected chi connectivity index (χ3v) is 4.88. The van der Waals surface area contributed by atoms with Crippen LogP contribution >= 0.6 is 11.6 Å². The number of anilines is 2. The Kier molecular flexibility index (Phi) is 7.49. The van der Waals surface area contributed by atoms with Gasteiger partial charge < -0.3 is 20.1 Å². The molecular weight excluding hydrogens is 392 g/mol. The molecule has 0 radical (unpaired) electrons. The van der Waals surface area contributed by atoms with Crippen molar-refractivity contribution in [2.45, 2.75) is 38.7 Å². The molecule has 154 valence electrons. The third-order valence-electron chi connectivity index (χ3n) is 4.55. The molecule has 3 rings (SSSR count). The Bertz CT molecular complexity index is 848. The summed E-state index contributed by atoms with van der Waals surface area (Å²) in [6.45, 7) is 3.24. The van der Waals surface area contributed by atoms with Crippen molar-refractivity contribution in [3.8, 4) is 5.75 Å². The fourth-order valence-electron chi connectivity index (χ4n) is 3.01. The SMILES string of the molecule is CCCC(=O)Nc1ccc(Cl)c(NC(=O)c2ccc(OC[C@H]3CCCO3)cc2)c1. The predicted molar refractivity (Wildman–Crippen MR) is 114 cm³/mol. The van der Waals surface area contributed by atoms with Crippen molar-refractivity contribution in [2.75, 3.05) is 23.8 Å². The summed E-state index contributed by atoms with van der Waals surface area (Å²) in [6.07, 6.45) is 3.42. The first-order valence-corrected chi connectivity index (χ1v) is 10.2. The van der Waals surface area contributed by atoms with Crippen molar-refractivity contribution < 1.29 is 19.1 Å². The summed E-state index contributed by atoms with van der Waals surface area (Å²) in [5.41, 5.74) is 1.50. The number of carbonyl (C=O) groups excluding carboxylic acids is 2. The van der Waals surface area contributed by atoms with Gasteiger partial charge in [-0.1, -0.05) is 18.5 Å². The second-order valence-electron chi connectivity index (χ2n) is 6.92. The van der Waals surface area contributed by atoms with E-state index in [-0.39, 0.29) is 17.9 Å². The number of nitrogens with one attached hydrogen (secondary N) is 2. The zero-order valence-corrected chi connectivity index (χ0v) is 17.1. The molecule has 1 fully saturated rings. The number of rotatable bonds is 8. The van der Waals surface area contributed by atoms with E-state index in [4.69, 9.17) is 21.1 Å². The molecule has 0 aliphatic carbocycles. The van der Waals surface area contributed by atoms with Crippen molar-refractivity contribution in [1.29, 1.82) is 0 Å². The molecule has 2 aromatic carbocycles. The lowest BCUT2D eigenvalue weighted by molar-refractivity contribution is -0.116. The van der Waals surface area contributed by atoms with E-state index >= 15 is 0 Å². The Balaban J connectivity index is 1.59. The summed E-state index contributed by atoms with van der Waals surface area (Å²) >= 11 is 6.19. The van der Waals surface area contributed by atoms with Gasteiger partial charge in [-0.25, -0.2) is 0 Å². The molecule has 0 saturated carbocycles. The molecule has 0 spiro atoms. The van der Waals surface area contributed by atoms with Crippen molar-refractivity contribution in [3.63, 3.8) is 0 Å². The van der Waals surface area contributed by atoms with Gasteiger partial charge in [0.2, 0.25) is 5.91 Å². The van der Waals surface area contributed by atoms with Crippen LogP contribution in [0.3, 0.4) is 0 Å². The lowest BCUT2D eigenvalue weighted by Gasteiger charge is -2.12. The van der Waals surface area contributed by atoms with Crippen LogP contribution < -0.4 is 15.4 Å². The first kappa shape index (κ1) is 21.1. The van der Waals surface area contributed by atoms with Crippen molar-refractivity contribution in [1.82, 2.24) is 0 Å². The Morgan fingerprint density at radius 1 is 1.17 bits per heavy atom. The van der Waals surface area contributed by atoms with Crippen LogP contribution in [0.2, 0.25) is 5.02 Å². The van der Waals surface area contributed by atoms with E-state index in [0.717, 1.165) is 25.9 Å². The number of carbonyl (C=O) groups is 2. The number of hydrogen-bond donors (Lipinski definition) is 2. The summed E-state index contributed by atoms with van der Waals surface area (Å²) in [5, 5.41) is 5.97. The molecule has 2 amide bonds. The largest absolute Gasteiger partial charge is 0.491 e. The predicted octanol–water partition coefficient (Wildman–Crippen LogP) is 4.89. The van der Waals surface area contributed by atoms with Crippen LogP contribution in [0.4, 0.5) is 11.4 Å². The number of amides is 2. The maximum absolute atomic E-state index is 12.6. The molecule has 2 aromatic rings. The van der Waals surface area contributed by atoms with E-state index < -0.39 is 0 Å². The summed E-state index contributed by atoms with van der Waals surface area (Å²) < 4.78 is 11.3. The number of benzene rings is 2. The zero-order chi connectivity index (χ0) is 20.6.